The van der Waals surface area contributed by atoms with Gasteiger partial charge in [0, 0.05) is 38.7 Å². The number of carbonyl (C=O) groups excluding carboxylic acids is 1. The van der Waals surface area contributed by atoms with Crippen LogP contribution in [0.4, 0.5) is 5.69 Å². The molecule has 0 N–H and O–H groups in total. The molecule has 9 nitrogen and oxygen atoms in total. The molecule has 0 spiro atoms. The van der Waals surface area contributed by atoms with Gasteiger partial charge >= 0.3 is 5.69 Å². The molecule has 0 saturated carbocycles. The van der Waals surface area contributed by atoms with Gasteiger partial charge in [0.2, 0.25) is 15.9 Å². The standard InChI is InChI=1S/C15H21N3O6S/c1-3-4-15(19)16-7-9-17(10-8-16)25(22,23)12-5-6-14(24-2)13(11-12)18(20)21/h5-6,11H,3-4,7-10H2,1-2H3. The van der Waals surface area contributed by atoms with Crippen molar-refractivity contribution in [2.24, 2.45) is 0 Å². The quantitative estimate of drug-likeness (QED) is 0.549. The molecule has 0 radical (unpaired) electrons. The van der Waals surface area contributed by atoms with Crippen LogP contribution in [0.1, 0.15) is 19.8 Å². The molecular weight excluding hydrogens is 350 g/mol. The molecule has 1 aliphatic rings. The summed E-state index contributed by atoms with van der Waals surface area (Å²) in [6.07, 6.45) is 1.18. The molecule has 2 rings (SSSR count). The van der Waals surface area contributed by atoms with Crippen molar-refractivity contribution in [2.45, 2.75) is 24.7 Å². The number of nitro benzene ring substituents is 1. The van der Waals surface area contributed by atoms with Crippen LogP contribution >= 0.6 is 0 Å². The Morgan fingerprint density at radius 3 is 2.44 bits per heavy atom. The zero-order valence-electron chi connectivity index (χ0n) is 14.2. The van der Waals surface area contributed by atoms with Gasteiger partial charge in [0.05, 0.1) is 16.9 Å². The van der Waals surface area contributed by atoms with Crippen molar-refractivity contribution in [1.82, 2.24) is 9.21 Å². The zero-order chi connectivity index (χ0) is 18.6. The van der Waals surface area contributed by atoms with E-state index in [0.29, 0.717) is 19.5 Å². The van der Waals surface area contributed by atoms with E-state index >= 15 is 0 Å². The van der Waals surface area contributed by atoms with Crippen LogP contribution in [0.3, 0.4) is 0 Å². The number of nitro groups is 1. The van der Waals surface area contributed by atoms with E-state index < -0.39 is 20.6 Å². The number of hydrogen-bond donors (Lipinski definition) is 0. The number of piperazine rings is 1. The Balaban J connectivity index is 2.19. The molecule has 0 aliphatic carbocycles. The zero-order valence-corrected chi connectivity index (χ0v) is 15.0. The second kappa shape index (κ2) is 7.79. The Morgan fingerprint density at radius 2 is 1.92 bits per heavy atom. The van der Waals surface area contributed by atoms with Crippen LogP contribution in [0, 0.1) is 10.1 Å². The number of ether oxygens (including phenoxy) is 1. The van der Waals surface area contributed by atoms with Gasteiger partial charge in [0.15, 0.2) is 5.75 Å². The Bertz CT molecular complexity index is 757. The summed E-state index contributed by atoms with van der Waals surface area (Å²) in [5.74, 6) is 0.0126. The normalized spacial score (nSPS) is 15.8. The maximum atomic E-state index is 12.7. The molecule has 0 aromatic heterocycles. The van der Waals surface area contributed by atoms with Gasteiger partial charge in [-0.3, -0.25) is 14.9 Å². The summed E-state index contributed by atoms with van der Waals surface area (Å²) in [5, 5.41) is 11.1. The molecule has 0 atom stereocenters. The Hall–Kier alpha value is -2.20. The number of amides is 1. The fourth-order valence-electron chi connectivity index (χ4n) is 2.67. The predicted molar refractivity (Wildman–Crippen MR) is 89.9 cm³/mol. The van der Waals surface area contributed by atoms with Crippen molar-refractivity contribution in [3.05, 3.63) is 28.3 Å². The minimum Gasteiger partial charge on any atom is -0.490 e. The number of carbonyl (C=O) groups is 1. The van der Waals surface area contributed by atoms with E-state index in [1.165, 1.54) is 23.5 Å². The molecule has 25 heavy (non-hydrogen) atoms. The number of hydrogen-bond acceptors (Lipinski definition) is 6. The Morgan fingerprint density at radius 1 is 1.28 bits per heavy atom. The van der Waals surface area contributed by atoms with E-state index in [1.807, 2.05) is 6.92 Å². The lowest BCUT2D eigenvalue weighted by molar-refractivity contribution is -0.386. The van der Waals surface area contributed by atoms with E-state index in [9.17, 15) is 23.3 Å². The summed E-state index contributed by atoms with van der Waals surface area (Å²) in [6, 6.07) is 3.56. The molecule has 0 bridgehead atoms. The maximum absolute atomic E-state index is 12.7. The summed E-state index contributed by atoms with van der Waals surface area (Å²) in [7, 11) is -2.59. The lowest BCUT2D eigenvalue weighted by Crippen LogP contribution is -2.50. The summed E-state index contributed by atoms with van der Waals surface area (Å²) in [4.78, 5) is 23.8. The third kappa shape index (κ3) is 4.07. The van der Waals surface area contributed by atoms with Gasteiger partial charge in [0.1, 0.15) is 0 Å². The summed E-state index contributed by atoms with van der Waals surface area (Å²) in [5.41, 5.74) is -0.402. The summed E-state index contributed by atoms with van der Waals surface area (Å²) < 4.78 is 31.6. The molecule has 1 aromatic rings. The Labute approximate surface area is 146 Å². The number of benzene rings is 1. The lowest BCUT2D eigenvalue weighted by atomic mass is 10.2. The molecule has 1 saturated heterocycles. The summed E-state index contributed by atoms with van der Waals surface area (Å²) in [6.45, 7) is 2.87. The van der Waals surface area contributed by atoms with Gasteiger partial charge < -0.3 is 9.64 Å². The first-order valence-electron chi connectivity index (χ1n) is 7.91. The third-order valence-electron chi connectivity index (χ3n) is 4.04. The average Bonchev–Trinajstić information content (AvgIpc) is 2.61. The molecule has 0 unspecified atom stereocenters. The van der Waals surface area contributed by atoms with Crippen LogP contribution in [0.25, 0.3) is 0 Å². The van der Waals surface area contributed by atoms with Crippen molar-refractivity contribution in [3.8, 4) is 5.75 Å². The molecule has 10 heteroatoms. The van der Waals surface area contributed by atoms with Crippen LogP contribution < -0.4 is 4.74 Å². The maximum Gasteiger partial charge on any atom is 0.312 e. The topological polar surface area (TPSA) is 110 Å². The molecule has 1 heterocycles. The van der Waals surface area contributed by atoms with E-state index in [-0.39, 0.29) is 29.6 Å². The average molecular weight is 371 g/mol. The number of nitrogens with zero attached hydrogens (tertiary/aromatic N) is 3. The highest BCUT2D eigenvalue weighted by Gasteiger charge is 2.31. The fourth-order valence-corrected chi connectivity index (χ4v) is 4.11. The molecular formula is C15H21N3O6S. The first kappa shape index (κ1) is 19.1. The molecule has 1 fully saturated rings. The molecule has 138 valence electrons. The molecule has 1 amide bonds. The number of methoxy groups -OCH3 is 1. The van der Waals surface area contributed by atoms with Crippen molar-refractivity contribution in [2.75, 3.05) is 33.3 Å². The first-order valence-corrected chi connectivity index (χ1v) is 9.35. The van der Waals surface area contributed by atoms with E-state index in [2.05, 4.69) is 0 Å². The van der Waals surface area contributed by atoms with Gasteiger partial charge in [-0.25, -0.2) is 8.42 Å². The lowest BCUT2D eigenvalue weighted by Gasteiger charge is -2.34. The molecule has 1 aliphatic heterocycles. The van der Waals surface area contributed by atoms with Crippen molar-refractivity contribution in [1.29, 1.82) is 0 Å². The second-order valence-electron chi connectivity index (χ2n) is 5.63. The minimum atomic E-state index is -3.87. The van der Waals surface area contributed by atoms with E-state index in [0.717, 1.165) is 12.5 Å². The van der Waals surface area contributed by atoms with Gasteiger partial charge in [-0.05, 0) is 18.6 Å². The number of rotatable bonds is 6. The third-order valence-corrected chi connectivity index (χ3v) is 5.93. The van der Waals surface area contributed by atoms with Crippen LogP contribution in [-0.2, 0) is 14.8 Å². The van der Waals surface area contributed by atoms with Crippen LogP contribution in [0.5, 0.6) is 5.75 Å². The van der Waals surface area contributed by atoms with Crippen LogP contribution in [0.15, 0.2) is 23.1 Å². The molecule has 1 aromatic carbocycles. The monoisotopic (exact) mass is 371 g/mol. The highest BCUT2D eigenvalue weighted by molar-refractivity contribution is 7.89. The Kier molecular flexibility index (Phi) is 5.96. The SMILES string of the molecule is CCCC(=O)N1CCN(S(=O)(=O)c2ccc(OC)c([N+](=O)[O-])c2)CC1. The van der Waals surface area contributed by atoms with Crippen molar-refractivity contribution >= 4 is 21.6 Å². The highest BCUT2D eigenvalue weighted by Crippen LogP contribution is 2.30. The minimum absolute atomic E-state index is 0.000989. The van der Waals surface area contributed by atoms with Gasteiger partial charge in [0.25, 0.3) is 0 Å². The smallest absolute Gasteiger partial charge is 0.312 e. The van der Waals surface area contributed by atoms with E-state index in [1.54, 1.807) is 4.90 Å². The second-order valence-corrected chi connectivity index (χ2v) is 7.56. The first-order chi connectivity index (χ1) is 11.8. The van der Waals surface area contributed by atoms with Crippen molar-refractivity contribution in [3.63, 3.8) is 0 Å². The summed E-state index contributed by atoms with van der Waals surface area (Å²) >= 11 is 0. The fraction of sp³-hybridized carbons (Fsp3) is 0.533. The number of sulfonamides is 1. The predicted octanol–water partition coefficient (Wildman–Crippen LogP) is 1.24. The van der Waals surface area contributed by atoms with Crippen LogP contribution in [0.2, 0.25) is 0 Å². The van der Waals surface area contributed by atoms with Gasteiger partial charge in [-0.2, -0.15) is 4.31 Å². The van der Waals surface area contributed by atoms with E-state index in [4.69, 9.17) is 4.74 Å². The largest absolute Gasteiger partial charge is 0.490 e. The van der Waals surface area contributed by atoms with Crippen LogP contribution in [-0.4, -0.2) is 61.7 Å². The highest BCUT2D eigenvalue weighted by atomic mass is 32.2. The van der Waals surface area contributed by atoms with Gasteiger partial charge in [-0.1, -0.05) is 6.92 Å². The van der Waals surface area contributed by atoms with Gasteiger partial charge in [-0.15, -0.1) is 0 Å². The van der Waals surface area contributed by atoms with Crippen molar-refractivity contribution < 1.29 is 22.9 Å².